The molecule has 0 aromatic heterocycles. The van der Waals surface area contributed by atoms with Crippen molar-refractivity contribution in [3.05, 3.63) is 0 Å². The summed E-state index contributed by atoms with van der Waals surface area (Å²) >= 11 is 0. The Bertz CT molecular complexity index is 1710. The van der Waals surface area contributed by atoms with Gasteiger partial charge < -0.3 is 75.3 Å². The first-order valence-electron chi connectivity index (χ1n) is 22.1. The van der Waals surface area contributed by atoms with Crippen LogP contribution in [0.15, 0.2) is 0 Å². The maximum Gasteiger partial charge on any atom is 0.327 e. The Morgan fingerprint density at radius 1 is 0.697 bits per heavy atom. The van der Waals surface area contributed by atoms with Crippen molar-refractivity contribution in [2.24, 2.45) is 28.9 Å². The van der Waals surface area contributed by atoms with E-state index in [-0.39, 0.29) is 62.7 Å². The smallest absolute Gasteiger partial charge is 0.327 e. The van der Waals surface area contributed by atoms with Gasteiger partial charge in [-0.2, -0.15) is 0 Å². The van der Waals surface area contributed by atoms with E-state index in [1.165, 1.54) is 18.7 Å². The van der Waals surface area contributed by atoms with Crippen LogP contribution in [0.4, 0.5) is 0 Å². The number of carboxylic acids is 1. The number of fused-ring (bicyclic) bond motifs is 1. The lowest BCUT2D eigenvalue weighted by molar-refractivity contribution is -0.143. The highest BCUT2D eigenvalue weighted by molar-refractivity contribution is 8.76. The Kier molecular flexibility index (Phi) is 25.3. The summed E-state index contributed by atoms with van der Waals surface area (Å²) in [5.41, 5.74) is 23.0. The average molecular weight is 975 g/mol. The number of carbonyl (C=O) groups is 10. The zero-order valence-electron chi connectivity index (χ0n) is 38.0. The van der Waals surface area contributed by atoms with Crippen molar-refractivity contribution in [3.8, 4) is 0 Å². The highest BCUT2D eigenvalue weighted by Gasteiger charge is 2.40. The highest BCUT2D eigenvalue weighted by atomic mass is 33.1. The molecule has 2 aliphatic heterocycles. The maximum atomic E-state index is 13.8. The van der Waals surface area contributed by atoms with E-state index in [2.05, 4.69) is 37.2 Å². The molecule has 0 unspecified atom stereocenters. The lowest BCUT2D eigenvalue weighted by atomic mass is 10.0. The monoisotopic (exact) mass is 974 g/mol. The van der Waals surface area contributed by atoms with E-state index >= 15 is 0 Å². The molecule has 24 nitrogen and oxygen atoms in total. The van der Waals surface area contributed by atoms with E-state index in [1.54, 1.807) is 13.8 Å². The Morgan fingerprint density at radius 2 is 1.21 bits per heavy atom. The van der Waals surface area contributed by atoms with Gasteiger partial charge in [0.15, 0.2) is 0 Å². The number of nitrogens with one attached hydrogen (secondary N) is 7. The summed E-state index contributed by atoms with van der Waals surface area (Å²) in [5.74, 6) is -9.62. The zero-order valence-corrected chi connectivity index (χ0v) is 39.6. The fraction of sp³-hybridized carbons (Fsp3) is 0.750. The van der Waals surface area contributed by atoms with Gasteiger partial charge in [-0.05, 0) is 90.6 Å². The number of primary amides is 1. The minimum atomic E-state index is -1.63. The van der Waals surface area contributed by atoms with Crippen LogP contribution in [0.3, 0.4) is 0 Å². The summed E-state index contributed by atoms with van der Waals surface area (Å²) in [6.45, 7) is 6.67. The first-order valence-corrected chi connectivity index (χ1v) is 24.6. The fourth-order valence-corrected chi connectivity index (χ4v) is 9.34. The van der Waals surface area contributed by atoms with E-state index < -0.39 is 126 Å². The Balaban J connectivity index is 2.57. The molecule has 0 aliphatic carbocycles. The molecule has 0 saturated carbocycles. The molecular formula is C40H70N12O12S2. The quantitative estimate of drug-likeness (QED) is 0.0579. The number of nitrogens with zero attached hydrogens (tertiary/aromatic N) is 1. The van der Waals surface area contributed by atoms with Crippen molar-refractivity contribution in [2.75, 3.05) is 31.1 Å². The van der Waals surface area contributed by atoms with E-state index in [1.807, 2.05) is 0 Å². The Morgan fingerprint density at radius 3 is 1.74 bits per heavy atom. The van der Waals surface area contributed by atoms with E-state index in [4.69, 9.17) is 22.9 Å². The van der Waals surface area contributed by atoms with Gasteiger partial charge in [0.2, 0.25) is 53.2 Å². The summed E-state index contributed by atoms with van der Waals surface area (Å²) in [6, 6.07) is -12.3. The van der Waals surface area contributed by atoms with Crippen LogP contribution in [-0.2, 0) is 47.9 Å². The standard InChI is InChI=1S/C40H70N12O12S2/c1-20(2)16-26-36(59)50-28(40(63)64)19-66-65-18-23(43)32(55)46-24(10-5-7-13-41)33(56)47-25(11-6-8-14-42)34(57)48-27(17-30(44)54)35(58)45-21(3)39(62)52-15-9-12-29(52)37(60)51-31(22(4)53)38(61)49-26/h20-29,31,53H,5-19,41-43H2,1-4H3,(H2,44,54)(H,45,58)(H,46,55)(H,47,56)(H,48,57)(H,49,61)(H,50,59)(H,51,60)(H,63,64)/t21-,22+,23-,24-,25-,26-,27-,28-,29-,31-/m0/s1. The average Bonchev–Trinajstić information content (AvgIpc) is 3.74. The number of aliphatic hydroxyl groups excluding tert-OH is 1. The van der Waals surface area contributed by atoms with Crippen molar-refractivity contribution in [2.45, 2.75) is 152 Å². The number of hydrogen-bond donors (Lipinski definition) is 13. The Labute approximate surface area is 392 Å². The molecule has 10 atom stereocenters. The molecule has 2 heterocycles. The van der Waals surface area contributed by atoms with Gasteiger partial charge in [0.25, 0.3) is 0 Å². The van der Waals surface area contributed by atoms with Gasteiger partial charge in [-0.3, -0.25) is 43.2 Å². The SMILES string of the molecule is CC(C)C[C@@H]1NC(=O)[C@H]([C@@H](C)O)NC(=O)[C@@H]2CCCN2C(=O)[C@H](C)NC(=O)[C@H](CC(N)=O)NC(=O)[C@H](CCCCN)NC(=O)[C@H](CCCCN)NC(=O)[C@@H](N)CSSC[C@@H](C(=O)O)NC1=O. The number of carbonyl (C=O) groups excluding carboxylic acids is 9. The van der Waals surface area contributed by atoms with Crippen molar-refractivity contribution in [1.29, 1.82) is 0 Å². The highest BCUT2D eigenvalue weighted by Crippen LogP contribution is 2.23. The lowest BCUT2D eigenvalue weighted by Crippen LogP contribution is -2.61. The van der Waals surface area contributed by atoms with Crippen molar-refractivity contribution >= 4 is 80.7 Å². The van der Waals surface area contributed by atoms with Crippen LogP contribution in [0.1, 0.15) is 91.9 Å². The summed E-state index contributed by atoms with van der Waals surface area (Å²) < 4.78 is 0. The van der Waals surface area contributed by atoms with Crippen LogP contribution < -0.4 is 60.2 Å². The fourth-order valence-electron chi connectivity index (χ4n) is 7.06. The number of aliphatic carboxylic acids is 1. The van der Waals surface area contributed by atoms with Gasteiger partial charge in [-0.1, -0.05) is 35.4 Å². The van der Waals surface area contributed by atoms with Crippen molar-refractivity contribution < 1.29 is 58.2 Å². The first-order chi connectivity index (χ1) is 31.1. The van der Waals surface area contributed by atoms with Gasteiger partial charge >= 0.3 is 5.97 Å². The van der Waals surface area contributed by atoms with Gasteiger partial charge in [0.1, 0.15) is 48.3 Å². The summed E-state index contributed by atoms with van der Waals surface area (Å²) in [6.07, 6.45) is 0.0990. The zero-order chi connectivity index (χ0) is 49.7. The molecule has 26 heteroatoms. The van der Waals surface area contributed by atoms with Crippen LogP contribution in [0.5, 0.6) is 0 Å². The van der Waals surface area contributed by atoms with Crippen molar-refractivity contribution in [1.82, 2.24) is 42.1 Å². The Hall–Kier alpha value is -4.76. The number of carboxylic acid groups (broad SMARTS) is 1. The van der Waals surface area contributed by atoms with Gasteiger partial charge in [-0.15, -0.1) is 0 Å². The van der Waals surface area contributed by atoms with Crippen LogP contribution in [-0.4, -0.2) is 166 Å². The molecular weight excluding hydrogens is 905 g/mol. The molecule has 2 saturated heterocycles. The summed E-state index contributed by atoms with van der Waals surface area (Å²) in [7, 11) is 2.01. The molecule has 2 rings (SSSR count). The molecule has 0 radical (unpaired) electrons. The van der Waals surface area contributed by atoms with E-state index in [9.17, 15) is 58.2 Å². The minimum absolute atomic E-state index is 0.0254. The van der Waals surface area contributed by atoms with Gasteiger partial charge in [-0.25, -0.2) is 4.79 Å². The second-order valence-electron chi connectivity index (χ2n) is 16.8. The molecule has 374 valence electrons. The minimum Gasteiger partial charge on any atom is -0.480 e. The number of unbranched alkanes of at least 4 members (excludes halogenated alkanes) is 2. The summed E-state index contributed by atoms with van der Waals surface area (Å²) in [5, 5.41) is 38.2. The molecule has 2 aliphatic rings. The predicted molar refractivity (Wildman–Crippen MR) is 245 cm³/mol. The van der Waals surface area contributed by atoms with Crippen LogP contribution >= 0.6 is 21.6 Å². The second-order valence-corrected chi connectivity index (χ2v) is 19.4. The molecule has 17 N–H and O–H groups in total. The van der Waals surface area contributed by atoms with Crippen LogP contribution in [0, 0.1) is 5.92 Å². The topological polar surface area (TPSA) is 403 Å². The maximum absolute atomic E-state index is 13.8. The van der Waals surface area contributed by atoms with Gasteiger partial charge in [0, 0.05) is 18.1 Å². The van der Waals surface area contributed by atoms with E-state index in [0.717, 1.165) is 21.6 Å². The number of hydrogen-bond acceptors (Lipinski definition) is 16. The van der Waals surface area contributed by atoms with Crippen molar-refractivity contribution in [3.63, 3.8) is 0 Å². The number of aliphatic hydroxyl groups is 1. The second kappa shape index (κ2) is 29.1. The molecule has 9 amide bonds. The predicted octanol–water partition coefficient (Wildman–Crippen LogP) is -4.24. The lowest BCUT2D eigenvalue weighted by Gasteiger charge is -2.30. The third-order valence-electron chi connectivity index (χ3n) is 10.7. The number of amides is 9. The normalized spacial score (nSPS) is 28.2. The first kappa shape index (κ1) is 57.4. The molecule has 0 spiro atoms. The molecule has 0 bridgehead atoms. The summed E-state index contributed by atoms with van der Waals surface area (Å²) in [4.78, 5) is 135. The van der Waals surface area contributed by atoms with Crippen LogP contribution in [0.2, 0.25) is 0 Å². The molecule has 0 aromatic rings. The molecule has 66 heavy (non-hydrogen) atoms. The third-order valence-corrected chi connectivity index (χ3v) is 13.1. The molecule has 0 aromatic carbocycles. The third kappa shape index (κ3) is 19.2. The van der Waals surface area contributed by atoms with Gasteiger partial charge in [0.05, 0.1) is 18.6 Å². The number of rotatable bonds is 14. The largest absolute Gasteiger partial charge is 0.480 e. The molecule has 2 fully saturated rings. The number of nitrogens with two attached hydrogens (primary N) is 4. The van der Waals surface area contributed by atoms with Crippen LogP contribution in [0.25, 0.3) is 0 Å². The van der Waals surface area contributed by atoms with E-state index in [0.29, 0.717) is 32.1 Å².